The van der Waals surface area contributed by atoms with Crippen molar-refractivity contribution in [3.05, 3.63) is 77.3 Å². The topological polar surface area (TPSA) is 97.2 Å². The van der Waals surface area contributed by atoms with E-state index in [2.05, 4.69) is 37.5 Å². The fraction of sp³-hybridized carbons (Fsp3) is 0.312. The van der Waals surface area contributed by atoms with Gasteiger partial charge in [-0.1, -0.05) is 24.0 Å². The normalized spacial score (nSPS) is 18.5. The molecule has 0 radical (unpaired) electrons. The number of hydrogen-bond acceptors (Lipinski definition) is 8. The summed E-state index contributed by atoms with van der Waals surface area (Å²) in [7, 11) is 0. The smallest absolute Gasteiger partial charge is 0.410 e. The first kappa shape index (κ1) is 27.3. The summed E-state index contributed by atoms with van der Waals surface area (Å²) < 4.78 is 22.1. The van der Waals surface area contributed by atoms with Crippen LogP contribution in [0, 0.1) is 17.7 Å². The van der Waals surface area contributed by atoms with Gasteiger partial charge in [-0.25, -0.2) is 19.2 Å². The van der Waals surface area contributed by atoms with Crippen molar-refractivity contribution in [3.63, 3.8) is 0 Å². The number of benzene rings is 2. The fourth-order valence-electron chi connectivity index (χ4n) is 5.60. The first-order valence-electron chi connectivity index (χ1n) is 14.5. The monoisotopic (exact) mass is 595 g/mol. The van der Waals surface area contributed by atoms with E-state index >= 15 is 0 Å². The van der Waals surface area contributed by atoms with E-state index in [1.807, 2.05) is 46.1 Å². The third-order valence-corrected chi connectivity index (χ3v) is 8.83. The summed E-state index contributed by atoms with van der Waals surface area (Å²) >= 11 is 1.54. The summed E-state index contributed by atoms with van der Waals surface area (Å²) in [6, 6.07) is 14.5. The van der Waals surface area contributed by atoms with Crippen LogP contribution in [0.2, 0.25) is 0 Å². The molecule has 2 fully saturated rings. The molecular formula is C32H30FN7O2S. The maximum atomic E-state index is 13.6. The van der Waals surface area contributed by atoms with Crippen LogP contribution >= 0.6 is 11.3 Å². The van der Waals surface area contributed by atoms with Crippen molar-refractivity contribution < 1.29 is 13.9 Å². The quantitative estimate of drug-likeness (QED) is 0.253. The first-order chi connectivity index (χ1) is 21.1. The van der Waals surface area contributed by atoms with Crippen molar-refractivity contribution in [1.29, 1.82) is 0 Å². The Morgan fingerprint density at radius 3 is 2.93 bits per heavy atom. The summed E-state index contributed by atoms with van der Waals surface area (Å²) in [5.74, 6) is 7.03. The molecule has 7 rings (SSSR count). The molecule has 11 heteroatoms. The molecule has 3 aromatic heterocycles. The van der Waals surface area contributed by atoms with Crippen LogP contribution in [0.15, 0.2) is 61.1 Å². The number of piperidine rings is 1. The van der Waals surface area contributed by atoms with Crippen LogP contribution in [0.5, 0.6) is 0 Å². The average molecular weight is 596 g/mol. The van der Waals surface area contributed by atoms with Gasteiger partial charge < -0.3 is 15.0 Å². The van der Waals surface area contributed by atoms with Gasteiger partial charge in [-0.3, -0.25) is 10.00 Å². The summed E-state index contributed by atoms with van der Waals surface area (Å²) in [5, 5.41) is 12.3. The zero-order chi connectivity index (χ0) is 29.2. The third-order valence-electron chi connectivity index (χ3n) is 7.78. The molecule has 2 saturated heterocycles. The standard InChI is InChI=1S/C32H30FN7O2S/c33-23-6-4-5-21(13-23)19-40-29-10-8-25(14-22(29)17-37-40)38-31-30-28(35-20-36-31)16-27(43-30)9-7-24-15-26(18-34-24)42-32(41)39-11-2-1-3-12-39/h4-6,8,10,13-14,16-17,20,24,26,34H,1-3,11-12,15,18-19H2,(H,35,36,38)/t24-,26-/m1/s1. The summed E-state index contributed by atoms with van der Waals surface area (Å²) in [5.41, 5.74) is 3.51. The molecule has 5 heterocycles. The number of aromatic nitrogens is 4. The average Bonchev–Trinajstić information content (AvgIpc) is 3.75. The number of rotatable bonds is 5. The molecule has 0 saturated carbocycles. The second-order valence-corrected chi connectivity index (χ2v) is 11.9. The number of nitrogens with zero attached hydrogens (tertiary/aromatic N) is 5. The van der Waals surface area contributed by atoms with Gasteiger partial charge in [-0.15, -0.1) is 11.3 Å². The Balaban J connectivity index is 1.02. The summed E-state index contributed by atoms with van der Waals surface area (Å²) in [4.78, 5) is 24.1. The Labute approximate surface area is 252 Å². The molecule has 218 valence electrons. The highest BCUT2D eigenvalue weighted by atomic mass is 32.1. The van der Waals surface area contributed by atoms with E-state index in [0.29, 0.717) is 25.3 Å². The minimum atomic E-state index is -0.256. The van der Waals surface area contributed by atoms with Gasteiger partial charge >= 0.3 is 6.09 Å². The highest BCUT2D eigenvalue weighted by Crippen LogP contribution is 2.31. The van der Waals surface area contributed by atoms with E-state index in [9.17, 15) is 9.18 Å². The molecule has 0 spiro atoms. The zero-order valence-electron chi connectivity index (χ0n) is 23.4. The van der Waals surface area contributed by atoms with Crippen molar-refractivity contribution in [2.45, 2.75) is 44.4 Å². The number of thiophene rings is 1. The van der Waals surface area contributed by atoms with E-state index in [1.54, 1.807) is 12.4 Å². The predicted molar refractivity (Wildman–Crippen MR) is 165 cm³/mol. The molecule has 1 amide bonds. The molecule has 5 aromatic rings. The summed E-state index contributed by atoms with van der Waals surface area (Å²) in [6.45, 7) is 2.66. The van der Waals surface area contributed by atoms with E-state index < -0.39 is 0 Å². The van der Waals surface area contributed by atoms with Gasteiger partial charge in [0.2, 0.25) is 0 Å². The van der Waals surface area contributed by atoms with Crippen LogP contribution in [-0.4, -0.2) is 62.5 Å². The Hall–Kier alpha value is -4.53. The maximum Gasteiger partial charge on any atom is 0.410 e. The third kappa shape index (κ3) is 6.16. The Morgan fingerprint density at radius 2 is 2.05 bits per heavy atom. The number of hydrogen-bond donors (Lipinski definition) is 2. The second kappa shape index (κ2) is 12.0. The van der Waals surface area contributed by atoms with E-state index in [0.717, 1.165) is 63.2 Å². The van der Waals surface area contributed by atoms with Crippen molar-refractivity contribution in [2.24, 2.45) is 0 Å². The van der Waals surface area contributed by atoms with E-state index in [-0.39, 0.29) is 24.1 Å². The molecule has 2 aliphatic rings. The predicted octanol–water partition coefficient (Wildman–Crippen LogP) is 5.68. The molecular weight excluding hydrogens is 565 g/mol. The molecule has 2 aliphatic heterocycles. The van der Waals surface area contributed by atoms with Gasteiger partial charge in [0, 0.05) is 37.1 Å². The van der Waals surface area contributed by atoms with Crippen LogP contribution in [-0.2, 0) is 11.3 Å². The van der Waals surface area contributed by atoms with Gasteiger partial charge in [0.25, 0.3) is 0 Å². The lowest BCUT2D eigenvalue weighted by atomic mass is 10.1. The van der Waals surface area contributed by atoms with Crippen molar-refractivity contribution in [2.75, 3.05) is 25.0 Å². The number of amides is 1. The molecule has 2 atom stereocenters. The molecule has 2 aromatic carbocycles. The van der Waals surface area contributed by atoms with Crippen LogP contribution < -0.4 is 10.6 Å². The number of fused-ring (bicyclic) bond motifs is 2. The highest BCUT2D eigenvalue weighted by Gasteiger charge is 2.28. The molecule has 2 N–H and O–H groups in total. The number of ether oxygens (including phenoxy) is 1. The summed E-state index contributed by atoms with van der Waals surface area (Å²) in [6.07, 6.45) is 6.92. The molecule has 0 aliphatic carbocycles. The Morgan fingerprint density at radius 1 is 1.14 bits per heavy atom. The molecule has 0 unspecified atom stereocenters. The lowest BCUT2D eigenvalue weighted by Crippen LogP contribution is -2.38. The van der Waals surface area contributed by atoms with E-state index in [1.165, 1.54) is 29.9 Å². The second-order valence-electron chi connectivity index (χ2n) is 10.9. The molecule has 0 bridgehead atoms. The number of carbonyl (C=O) groups excluding carboxylic acids is 1. The Bertz CT molecular complexity index is 1850. The zero-order valence-corrected chi connectivity index (χ0v) is 24.2. The van der Waals surface area contributed by atoms with Crippen LogP contribution in [0.25, 0.3) is 21.1 Å². The highest BCUT2D eigenvalue weighted by molar-refractivity contribution is 7.20. The van der Waals surface area contributed by atoms with Crippen molar-refractivity contribution in [1.82, 2.24) is 30.0 Å². The lowest BCUT2D eigenvalue weighted by molar-refractivity contribution is 0.0646. The largest absolute Gasteiger partial charge is 0.445 e. The van der Waals surface area contributed by atoms with Crippen molar-refractivity contribution in [3.8, 4) is 11.8 Å². The van der Waals surface area contributed by atoms with Gasteiger partial charge in [0.1, 0.15) is 18.2 Å². The maximum absolute atomic E-state index is 13.6. The van der Waals surface area contributed by atoms with Gasteiger partial charge in [0.05, 0.1) is 39.4 Å². The van der Waals surface area contributed by atoms with Gasteiger partial charge in [-0.05, 0) is 61.2 Å². The van der Waals surface area contributed by atoms with Crippen LogP contribution in [0.3, 0.4) is 0 Å². The number of nitrogens with one attached hydrogen (secondary N) is 2. The molecule has 9 nitrogen and oxygen atoms in total. The molecule has 43 heavy (non-hydrogen) atoms. The lowest BCUT2D eigenvalue weighted by Gasteiger charge is -2.27. The number of anilines is 2. The van der Waals surface area contributed by atoms with Gasteiger partial charge in [-0.2, -0.15) is 5.10 Å². The van der Waals surface area contributed by atoms with Crippen molar-refractivity contribution >= 4 is 50.1 Å². The fourth-order valence-corrected chi connectivity index (χ4v) is 6.51. The van der Waals surface area contributed by atoms with E-state index in [4.69, 9.17) is 4.74 Å². The minimum Gasteiger partial charge on any atom is -0.445 e. The number of halogens is 1. The van der Waals surface area contributed by atoms with Gasteiger partial charge in [0.15, 0.2) is 5.82 Å². The van der Waals surface area contributed by atoms with Crippen LogP contribution in [0.1, 0.15) is 36.1 Å². The number of likely N-dealkylation sites (tertiary alicyclic amines) is 1. The first-order valence-corrected chi connectivity index (χ1v) is 15.3. The SMILES string of the molecule is O=C(O[C@H]1CN[C@H](C#Cc2cc3ncnc(Nc4ccc5c(cnn5Cc5cccc(F)c5)c4)c3s2)C1)N1CCCCC1. The minimum absolute atomic E-state index is 0.0402. The van der Waals surface area contributed by atoms with Crippen LogP contribution in [0.4, 0.5) is 20.7 Å². The Kier molecular flexibility index (Phi) is 7.62. The number of carbonyl (C=O) groups is 1.